The Balaban J connectivity index is 1.23. The second kappa shape index (κ2) is 8.81. The molecular formula is C22H28N6O2. The Kier molecular flexibility index (Phi) is 5.96. The third-order valence-electron chi connectivity index (χ3n) is 5.44. The maximum atomic E-state index is 10.9. The summed E-state index contributed by atoms with van der Waals surface area (Å²) in [5, 5.41) is 14.3. The van der Waals surface area contributed by atoms with Crippen molar-refractivity contribution in [2.24, 2.45) is 7.05 Å². The molecule has 3 aromatic rings. The van der Waals surface area contributed by atoms with Crippen molar-refractivity contribution in [2.75, 3.05) is 24.5 Å². The molecule has 2 N–H and O–H groups in total. The molecule has 158 valence electrons. The molecule has 1 fully saturated rings. The van der Waals surface area contributed by atoms with Gasteiger partial charge in [0.15, 0.2) is 0 Å². The van der Waals surface area contributed by atoms with E-state index in [0.29, 0.717) is 32.7 Å². The summed E-state index contributed by atoms with van der Waals surface area (Å²) in [7, 11) is 1.95. The number of aliphatic hydroxyl groups is 1. The van der Waals surface area contributed by atoms with Crippen molar-refractivity contribution >= 4 is 5.82 Å². The van der Waals surface area contributed by atoms with Crippen LogP contribution in [0.25, 0.3) is 0 Å². The van der Waals surface area contributed by atoms with Crippen molar-refractivity contribution in [3.63, 3.8) is 0 Å². The second-order valence-electron chi connectivity index (χ2n) is 7.90. The summed E-state index contributed by atoms with van der Waals surface area (Å²) < 4.78 is 7.73. The van der Waals surface area contributed by atoms with Gasteiger partial charge >= 0.3 is 0 Å². The Bertz CT molecular complexity index is 974. The minimum atomic E-state index is -0.760. The van der Waals surface area contributed by atoms with Crippen LogP contribution in [0.3, 0.4) is 0 Å². The quantitative estimate of drug-likeness (QED) is 0.588. The van der Waals surface area contributed by atoms with E-state index >= 15 is 0 Å². The zero-order valence-electron chi connectivity index (χ0n) is 17.5. The van der Waals surface area contributed by atoms with Gasteiger partial charge in [-0.15, -0.1) is 0 Å². The number of β-amino-alcohol motifs (C(OH)–C–C–N with tert-alkyl or cyclic N) is 1. The Labute approximate surface area is 176 Å². The maximum absolute atomic E-state index is 10.9. The zero-order valence-corrected chi connectivity index (χ0v) is 17.5. The number of benzene rings is 1. The molecule has 8 heteroatoms. The predicted molar refractivity (Wildman–Crippen MR) is 114 cm³/mol. The highest BCUT2D eigenvalue weighted by atomic mass is 16.5. The lowest BCUT2D eigenvalue weighted by molar-refractivity contribution is 0.0626. The van der Waals surface area contributed by atoms with Gasteiger partial charge in [-0.05, 0) is 31.0 Å². The van der Waals surface area contributed by atoms with Crippen LogP contribution in [0.1, 0.15) is 23.5 Å². The smallest absolute Gasteiger partial charge is 0.146 e. The molecule has 2 aromatic heterocycles. The van der Waals surface area contributed by atoms with E-state index in [1.807, 2.05) is 55.1 Å². The first-order chi connectivity index (χ1) is 14.5. The molecule has 1 saturated heterocycles. The Hall–Kier alpha value is -2.97. The van der Waals surface area contributed by atoms with Crippen molar-refractivity contribution in [3.8, 4) is 5.75 Å². The van der Waals surface area contributed by atoms with E-state index in [-0.39, 0.29) is 0 Å². The monoisotopic (exact) mass is 408 g/mol. The number of nitrogens with zero attached hydrogens (tertiary/aromatic N) is 5. The average molecular weight is 409 g/mol. The number of rotatable bonds is 8. The molecule has 3 heterocycles. The number of ether oxygens (including phenoxy) is 1. The minimum Gasteiger partial charge on any atom is -0.486 e. The number of imidazole rings is 1. The second-order valence-corrected chi connectivity index (χ2v) is 7.90. The largest absolute Gasteiger partial charge is 0.486 e. The van der Waals surface area contributed by atoms with Gasteiger partial charge in [0, 0.05) is 57.4 Å². The molecule has 1 aromatic carbocycles. The molecule has 30 heavy (non-hydrogen) atoms. The number of aryl methyl sites for hydroxylation is 2. The van der Waals surface area contributed by atoms with Gasteiger partial charge in [-0.2, -0.15) is 0 Å². The van der Waals surface area contributed by atoms with Gasteiger partial charge in [-0.3, -0.25) is 0 Å². The Morgan fingerprint density at radius 2 is 2.03 bits per heavy atom. The summed E-state index contributed by atoms with van der Waals surface area (Å²) in [6.45, 7) is 4.97. The fourth-order valence-electron chi connectivity index (χ4n) is 3.64. The average Bonchev–Trinajstić information content (AvgIpc) is 3.33. The van der Waals surface area contributed by atoms with Crippen molar-refractivity contribution in [2.45, 2.75) is 32.1 Å². The van der Waals surface area contributed by atoms with E-state index in [1.165, 1.54) is 0 Å². The van der Waals surface area contributed by atoms with Gasteiger partial charge in [-0.25, -0.2) is 15.0 Å². The summed E-state index contributed by atoms with van der Waals surface area (Å²) in [6.07, 6.45) is 5.95. The molecule has 8 nitrogen and oxygen atoms in total. The molecule has 0 radical (unpaired) electrons. The topological polar surface area (TPSA) is 88.3 Å². The van der Waals surface area contributed by atoms with E-state index in [0.717, 1.165) is 35.2 Å². The highest BCUT2D eigenvalue weighted by Gasteiger charge is 2.36. The zero-order chi connectivity index (χ0) is 21.0. The highest BCUT2D eigenvalue weighted by molar-refractivity contribution is 5.41. The first-order valence-electron chi connectivity index (χ1n) is 10.2. The molecule has 1 atom stereocenters. The van der Waals surface area contributed by atoms with Crippen LogP contribution in [-0.2, 0) is 20.2 Å². The fourth-order valence-corrected chi connectivity index (χ4v) is 3.64. The molecule has 0 aliphatic carbocycles. The SMILES string of the molecule is Cc1cc(N2CCC(O)(CNCc3ccc(OCc4nccn4C)cc3)C2)ncn1. The lowest BCUT2D eigenvalue weighted by Gasteiger charge is -2.24. The van der Waals surface area contributed by atoms with Crippen LogP contribution < -0.4 is 15.0 Å². The normalized spacial score (nSPS) is 18.7. The van der Waals surface area contributed by atoms with E-state index in [1.54, 1.807) is 12.5 Å². The van der Waals surface area contributed by atoms with E-state index in [4.69, 9.17) is 4.74 Å². The number of hydrogen-bond acceptors (Lipinski definition) is 7. The summed E-state index contributed by atoms with van der Waals surface area (Å²) >= 11 is 0. The summed E-state index contributed by atoms with van der Waals surface area (Å²) in [4.78, 5) is 14.8. The van der Waals surface area contributed by atoms with E-state index < -0.39 is 5.60 Å². The lowest BCUT2D eigenvalue weighted by atomic mass is 10.0. The first-order valence-corrected chi connectivity index (χ1v) is 10.2. The Morgan fingerprint density at radius 1 is 1.20 bits per heavy atom. The molecule has 0 spiro atoms. The van der Waals surface area contributed by atoms with Gasteiger partial charge in [-0.1, -0.05) is 12.1 Å². The van der Waals surface area contributed by atoms with Gasteiger partial charge < -0.3 is 24.6 Å². The molecule has 0 amide bonds. The summed E-state index contributed by atoms with van der Waals surface area (Å²) in [5.41, 5.74) is 1.31. The molecule has 0 bridgehead atoms. The number of aromatic nitrogens is 4. The molecular weight excluding hydrogens is 380 g/mol. The molecule has 1 aliphatic heterocycles. The van der Waals surface area contributed by atoms with Gasteiger partial charge in [0.2, 0.25) is 0 Å². The maximum Gasteiger partial charge on any atom is 0.146 e. The van der Waals surface area contributed by atoms with Gasteiger partial charge in [0.1, 0.15) is 30.3 Å². The van der Waals surface area contributed by atoms with Crippen molar-refractivity contribution in [1.29, 1.82) is 0 Å². The van der Waals surface area contributed by atoms with Crippen LogP contribution in [0.4, 0.5) is 5.82 Å². The van der Waals surface area contributed by atoms with Crippen LogP contribution in [-0.4, -0.2) is 49.9 Å². The lowest BCUT2D eigenvalue weighted by Crippen LogP contribution is -2.43. The van der Waals surface area contributed by atoms with Crippen LogP contribution >= 0.6 is 0 Å². The van der Waals surface area contributed by atoms with Crippen LogP contribution in [0.2, 0.25) is 0 Å². The molecule has 0 saturated carbocycles. The fraction of sp³-hybridized carbons (Fsp3) is 0.409. The summed E-state index contributed by atoms with van der Waals surface area (Å²) in [5.74, 6) is 2.57. The first kappa shape index (κ1) is 20.3. The molecule has 1 aliphatic rings. The predicted octanol–water partition coefficient (Wildman–Crippen LogP) is 1.83. The number of anilines is 1. The molecule has 4 rings (SSSR count). The van der Waals surface area contributed by atoms with Crippen molar-refractivity contribution in [1.82, 2.24) is 24.8 Å². The third kappa shape index (κ3) is 4.95. The summed E-state index contributed by atoms with van der Waals surface area (Å²) in [6, 6.07) is 9.95. The van der Waals surface area contributed by atoms with Crippen molar-refractivity contribution < 1.29 is 9.84 Å². The third-order valence-corrected chi connectivity index (χ3v) is 5.44. The standard InChI is InChI=1S/C22H28N6O2/c1-17-11-20(26-16-25-17)28-9-7-22(29,15-28)14-23-12-18-3-5-19(6-4-18)30-13-21-24-8-10-27(21)2/h3-6,8,10-11,16,23,29H,7,9,12-15H2,1-2H3. The van der Waals surface area contributed by atoms with E-state index in [2.05, 4.69) is 25.2 Å². The van der Waals surface area contributed by atoms with Gasteiger partial charge in [0.05, 0.1) is 5.60 Å². The van der Waals surface area contributed by atoms with Gasteiger partial charge in [0.25, 0.3) is 0 Å². The molecule has 1 unspecified atom stereocenters. The van der Waals surface area contributed by atoms with Crippen LogP contribution in [0, 0.1) is 6.92 Å². The van der Waals surface area contributed by atoms with Crippen LogP contribution in [0.5, 0.6) is 5.75 Å². The highest BCUT2D eigenvalue weighted by Crippen LogP contribution is 2.25. The van der Waals surface area contributed by atoms with Crippen LogP contribution in [0.15, 0.2) is 49.1 Å². The number of hydrogen-bond donors (Lipinski definition) is 2. The van der Waals surface area contributed by atoms with Crippen molar-refractivity contribution in [3.05, 3.63) is 66.1 Å². The van der Waals surface area contributed by atoms with E-state index in [9.17, 15) is 5.11 Å². The number of nitrogens with one attached hydrogen (secondary N) is 1. The minimum absolute atomic E-state index is 0.441. The Morgan fingerprint density at radius 3 is 2.77 bits per heavy atom.